The van der Waals surface area contributed by atoms with E-state index in [9.17, 15) is 19.5 Å². The van der Waals surface area contributed by atoms with Gasteiger partial charge in [-0.1, -0.05) is 42.5 Å². The fourth-order valence-electron chi connectivity index (χ4n) is 2.41. The Morgan fingerprint density at radius 3 is 2.27 bits per heavy atom. The van der Waals surface area contributed by atoms with Crippen LogP contribution in [0.3, 0.4) is 0 Å². The van der Waals surface area contributed by atoms with Crippen LogP contribution in [0.4, 0.5) is 0 Å². The van der Waals surface area contributed by atoms with E-state index < -0.39 is 23.7 Å². The first-order chi connectivity index (χ1) is 10.6. The minimum Gasteiger partial charge on any atom is -0.550 e. The number of rotatable bonds is 4. The van der Waals surface area contributed by atoms with Gasteiger partial charge in [-0.15, -0.1) is 0 Å². The van der Waals surface area contributed by atoms with Gasteiger partial charge in [-0.3, -0.25) is 20.4 Å². The third kappa shape index (κ3) is 4.18. The van der Waals surface area contributed by atoms with Crippen molar-refractivity contribution in [1.29, 1.82) is 0 Å². The van der Waals surface area contributed by atoms with Gasteiger partial charge in [-0.05, 0) is 18.4 Å². The van der Waals surface area contributed by atoms with E-state index >= 15 is 0 Å². The number of hydrogen-bond donors (Lipinski definition) is 2. The van der Waals surface area contributed by atoms with Gasteiger partial charge in [-0.2, -0.15) is 0 Å². The molecule has 0 aliphatic heterocycles. The number of aliphatic carboxylic acids is 1. The van der Waals surface area contributed by atoms with Crippen LogP contribution in [0.25, 0.3) is 0 Å². The zero-order valence-electron chi connectivity index (χ0n) is 12.0. The lowest BCUT2D eigenvalue weighted by Crippen LogP contribution is -2.49. The molecule has 1 aliphatic rings. The molecule has 0 fully saturated rings. The molecule has 6 nitrogen and oxygen atoms in total. The highest BCUT2D eigenvalue weighted by molar-refractivity contribution is 5.87. The maximum atomic E-state index is 12.0. The molecule has 2 atom stereocenters. The highest BCUT2D eigenvalue weighted by Crippen LogP contribution is 2.25. The number of nitrogens with one attached hydrogen (secondary N) is 2. The van der Waals surface area contributed by atoms with Crippen LogP contribution in [0.5, 0.6) is 0 Å². The lowest BCUT2D eigenvalue weighted by molar-refractivity contribution is -0.313. The Hall–Kier alpha value is -2.63. The van der Waals surface area contributed by atoms with E-state index in [1.54, 1.807) is 24.3 Å². The van der Waals surface area contributed by atoms with Gasteiger partial charge in [0.1, 0.15) is 0 Å². The first-order valence-corrected chi connectivity index (χ1v) is 7.06. The quantitative estimate of drug-likeness (QED) is 0.589. The summed E-state index contributed by atoms with van der Waals surface area (Å²) < 4.78 is 0. The van der Waals surface area contributed by atoms with Crippen molar-refractivity contribution in [2.45, 2.75) is 19.3 Å². The molecule has 6 heteroatoms. The fourth-order valence-corrected chi connectivity index (χ4v) is 2.41. The predicted molar refractivity (Wildman–Crippen MR) is 76.8 cm³/mol. The summed E-state index contributed by atoms with van der Waals surface area (Å²) in [7, 11) is 0. The van der Waals surface area contributed by atoms with Crippen LogP contribution >= 0.6 is 0 Å². The molecule has 0 aromatic heterocycles. The van der Waals surface area contributed by atoms with Crippen molar-refractivity contribution in [3.05, 3.63) is 48.0 Å². The average molecular weight is 301 g/mol. The second-order valence-electron chi connectivity index (χ2n) is 5.17. The molecule has 2 amide bonds. The van der Waals surface area contributed by atoms with Gasteiger partial charge in [0.2, 0.25) is 11.8 Å². The molecule has 2 rings (SSSR count). The van der Waals surface area contributed by atoms with E-state index in [1.807, 2.05) is 18.2 Å². The lowest BCUT2D eigenvalue weighted by Gasteiger charge is -2.28. The van der Waals surface area contributed by atoms with Crippen molar-refractivity contribution in [2.75, 3.05) is 0 Å². The summed E-state index contributed by atoms with van der Waals surface area (Å²) in [5, 5.41) is 11.0. The summed E-state index contributed by atoms with van der Waals surface area (Å²) in [6.45, 7) is 0. The molecule has 0 spiro atoms. The zero-order chi connectivity index (χ0) is 15.9. The van der Waals surface area contributed by atoms with Crippen LogP contribution in [-0.2, 0) is 20.8 Å². The Morgan fingerprint density at radius 1 is 1.00 bits per heavy atom. The van der Waals surface area contributed by atoms with Crippen molar-refractivity contribution in [3.63, 3.8) is 0 Å². The van der Waals surface area contributed by atoms with Gasteiger partial charge in [0.15, 0.2) is 0 Å². The van der Waals surface area contributed by atoms with Crippen LogP contribution < -0.4 is 16.0 Å². The van der Waals surface area contributed by atoms with Gasteiger partial charge < -0.3 is 9.90 Å². The molecule has 0 saturated heterocycles. The summed E-state index contributed by atoms with van der Waals surface area (Å²) in [6, 6.07) is 9.10. The van der Waals surface area contributed by atoms with Crippen LogP contribution in [0.15, 0.2) is 42.5 Å². The van der Waals surface area contributed by atoms with Gasteiger partial charge in [0.25, 0.3) is 0 Å². The summed E-state index contributed by atoms with van der Waals surface area (Å²) >= 11 is 0. The van der Waals surface area contributed by atoms with Crippen molar-refractivity contribution in [3.8, 4) is 0 Å². The lowest BCUT2D eigenvalue weighted by atomic mass is 9.82. The second-order valence-corrected chi connectivity index (χ2v) is 5.17. The van der Waals surface area contributed by atoms with Crippen LogP contribution in [0, 0.1) is 11.8 Å². The van der Waals surface area contributed by atoms with Crippen LogP contribution in [0.1, 0.15) is 18.4 Å². The SMILES string of the molecule is O=C(Cc1ccccc1)NNC(=O)[C@@H]1CC=CC[C@H]1C(=O)[O-]. The maximum Gasteiger partial charge on any atom is 0.242 e. The second kappa shape index (κ2) is 7.40. The first-order valence-electron chi connectivity index (χ1n) is 7.06. The van der Waals surface area contributed by atoms with Gasteiger partial charge in [0.05, 0.1) is 12.3 Å². The number of carboxylic acid groups (broad SMARTS) is 1. The van der Waals surface area contributed by atoms with E-state index in [1.165, 1.54) is 0 Å². The van der Waals surface area contributed by atoms with Crippen molar-refractivity contribution in [2.24, 2.45) is 11.8 Å². The smallest absolute Gasteiger partial charge is 0.242 e. The Balaban J connectivity index is 1.85. The fraction of sp³-hybridized carbons (Fsp3) is 0.312. The Bertz CT molecular complexity index is 583. The molecule has 0 bridgehead atoms. The Labute approximate surface area is 128 Å². The number of carboxylic acids is 1. The zero-order valence-corrected chi connectivity index (χ0v) is 12.0. The van der Waals surface area contributed by atoms with Crippen LogP contribution in [-0.4, -0.2) is 17.8 Å². The number of hydrogen-bond acceptors (Lipinski definition) is 4. The molecule has 1 aliphatic carbocycles. The van der Waals surface area contributed by atoms with E-state index in [2.05, 4.69) is 10.9 Å². The monoisotopic (exact) mass is 301 g/mol. The van der Waals surface area contributed by atoms with Crippen molar-refractivity contribution in [1.82, 2.24) is 10.9 Å². The summed E-state index contributed by atoms with van der Waals surface area (Å²) in [6.07, 6.45) is 4.20. The number of amides is 2. The topological polar surface area (TPSA) is 98.3 Å². The predicted octanol–water partition coefficient (Wildman–Crippen LogP) is -0.291. The minimum atomic E-state index is -1.25. The molecule has 0 heterocycles. The van der Waals surface area contributed by atoms with Crippen molar-refractivity contribution >= 4 is 17.8 Å². The number of hydrazine groups is 1. The third-order valence-corrected chi connectivity index (χ3v) is 3.60. The largest absolute Gasteiger partial charge is 0.550 e. The molecule has 22 heavy (non-hydrogen) atoms. The number of carbonyl (C=O) groups is 3. The Morgan fingerprint density at radius 2 is 1.64 bits per heavy atom. The van der Waals surface area contributed by atoms with Crippen LogP contribution in [0.2, 0.25) is 0 Å². The Kier molecular flexibility index (Phi) is 5.30. The maximum absolute atomic E-state index is 12.0. The van der Waals surface area contributed by atoms with Gasteiger partial charge in [0, 0.05) is 11.9 Å². The standard InChI is InChI=1S/C16H18N2O4/c19-14(10-11-6-2-1-3-7-11)17-18-15(20)12-8-4-5-9-13(12)16(21)22/h1-7,12-13H,8-10H2,(H,17,19)(H,18,20)(H,21,22)/p-1/t12-,13-/m1/s1. The van der Waals surface area contributed by atoms with E-state index in [0.29, 0.717) is 6.42 Å². The molecule has 1 aromatic carbocycles. The molecule has 1 aromatic rings. The normalized spacial score (nSPS) is 20.2. The number of benzene rings is 1. The summed E-state index contributed by atoms with van der Waals surface area (Å²) in [5.41, 5.74) is 5.43. The molecule has 0 unspecified atom stereocenters. The molecular formula is C16H17N2O4-. The third-order valence-electron chi connectivity index (χ3n) is 3.60. The molecule has 0 saturated carbocycles. The average Bonchev–Trinajstić information content (AvgIpc) is 2.53. The van der Waals surface area contributed by atoms with Gasteiger partial charge in [-0.25, -0.2) is 0 Å². The van der Waals surface area contributed by atoms with E-state index in [-0.39, 0.29) is 18.7 Å². The summed E-state index contributed by atoms with van der Waals surface area (Å²) in [4.78, 5) is 34.8. The number of carbonyl (C=O) groups excluding carboxylic acids is 3. The molecule has 2 N–H and O–H groups in total. The molecule has 0 radical (unpaired) electrons. The van der Waals surface area contributed by atoms with E-state index in [4.69, 9.17) is 0 Å². The highest BCUT2D eigenvalue weighted by Gasteiger charge is 2.29. The number of allylic oxidation sites excluding steroid dienone is 2. The molecule has 116 valence electrons. The van der Waals surface area contributed by atoms with E-state index in [0.717, 1.165) is 5.56 Å². The first kappa shape index (κ1) is 15.8. The van der Waals surface area contributed by atoms with Crippen molar-refractivity contribution < 1.29 is 19.5 Å². The summed E-state index contributed by atoms with van der Waals surface area (Å²) in [5.74, 6) is -3.72. The minimum absolute atomic E-state index is 0.135. The molecular weight excluding hydrogens is 284 g/mol. The van der Waals surface area contributed by atoms with Gasteiger partial charge >= 0.3 is 0 Å². The highest BCUT2D eigenvalue weighted by atomic mass is 16.4.